The van der Waals surface area contributed by atoms with E-state index in [9.17, 15) is 18.0 Å². The van der Waals surface area contributed by atoms with Gasteiger partial charge in [0.15, 0.2) is 0 Å². The predicted molar refractivity (Wildman–Crippen MR) is 56.1 cm³/mol. The van der Waals surface area contributed by atoms with Gasteiger partial charge in [-0.2, -0.15) is 0 Å². The number of hydrogen-bond donors (Lipinski definition) is 0. The molecule has 0 saturated heterocycles. The molecule has 0 saturated carbocycles. The van der Waals surface area contributed by atoms with E-state index in [0.717, 1.165) is 26.4 Å². The van der Waals surface area contributed by atoms with Crippen LogP contribution in [0.5, 0.6) is 0 Å². The van der Waals surface area contributed by atoms with E-state index in [-0.39, 0.29) is 45.6 Å². The third-order valence-corrected chi connectivity index (χ3v) is 2.56. The Kier molecular flexibility index (Phi) is 7.15. The molecule has 0 N–H and O–H groups in total. The van der Waals surface area contributed by atoms with Crippen LogP contribution in [0.15, 0.2) is 23.1 Å². The van der Waals surface area contributed by atoms with Crippen LogP contribution in [0, 0.1) is 0 Å². The van der Waals surface area contributed by atoms with Crippen molar-refractivity contribution in [2.75, 3.05) is 14.2 Å². The van der Waals surface area contributed by atoms with Gasteiger partial charge in [-0.1, -0.05) is 17.0 Å². The zero-order valence-corrected chi connectivity index (χ0v) is 12.9. The molecule has 0 amide bonds. The number of ether oxygens (including phenoxy) is 2. The summed E-state index contributed by atoms with van der Waals surface area (Å²) in [6.07, 6.45) is 0. The fourth-order valence-electron chi connectivity index (χ4n) is 1.17. The maximum absolute atomic E-state index is 11.3. The summed E-state index contributed by atoms with van der Waals surface area (Å²) in [5, 5.41) is 0. The first-order valence-electron chi connectivity index (χ1n) is 4.40. The number of methoxy groups -OCH3 is 2. The first kappa shape index (κ1) is 17.1. The molecular formula is C10H9NaO6S. The van der Waals surface area contributed by atoms with Crippen molar-refractivity contribution in [3.63, 3.8) is 0 Å². The van der Waals surface area contributed by atoms with Crippen LogP contribution in [0.1, 0.15) is 20.7 Å². The van der Waals surface area contributed by atoms with Gasteiger partial charge in [-0.15, -0.1) is 0 Å². The quantitative estimate of drug-likeness (QED) is 0.359. The SMILES string of the molecule is COC(=O)c1cc(C(=O)OC)cc([S-](=O)=O)c1.[Na+]. The second-order valence-electron chi connectivity index (χ2n) is 2.96. The largest absolute Gasteiger partial charge is 1.00 e. The van der Waals surface area contributed by atoms with Crippen molar-refractivity contribution in [1.82, 2.24) is 0 Å². The van der Waals surface area contributed by atoms with Crippen molar-refractivity contribution >= 4 is 22.6 Å². The van der Waals surface area contributed by atoms with Gasteiger partial charge in [-0.25, -0.2) is 9.59 Å². The van der Waals surface area contributed by atoms with E-state index in [1.165, 1.54) is 6.07 Å². The Morgan fingerprint density at radius 2 is 1.33 bits per heavy atom. The van der Waals surface area contributed by atoms with E-state index in [1.807, 2.05) is 0 Å². The van der Waals surface area contributed by atoms with Crippen LogP contribution in [-0.2, 0) is 28.6 Å². The fourth-order valence-corrected chi connectivity index (χ4v) is 1.61. The van der Waals surface area contributed by atoms with Gasteiger partial charge in [-0.3, -0.25) is 0 Å². The Labute approximate surface area is 128 Å². The number of esters is 2. The van der Waals surface area contributed by atoms with Crippen LogP contribution in [0.25, 0.3) is 0 Å². The van der Waals surface area contributed by atoms with E-state index >= 15 is 0 Å². The zero-order chi connectivity index (χ0) is 13.0. The summed E-state index contributed by atoms with van der Waals surface area (Å²) in [5.74, 6) is -1.47. The molecule has 8 heteroatoms. The molecule has 18 heavy (non-hydrogen) atoms. The molecule has 92 valence electrons. The van der Waals surface area contributed by atoms with Gasteiger partial charge in [0.25, 0.3) is 0 Å². The van der Waals surface area contributed by atoms with Crippen molar-refractivity contribution in [3.8, 4) is 0 Å². The molecule has 0 aliphatic carbocycles. The minimum atomic E-state index is -2.55. The molecule has 0 fully saturated rings. The van der Waals surface area contributed by atoms with Gasteiger partial charge in [0.2, 0.25) is 0 Å². The normalized spacial score (nSPS) is 9.50. The third kappa shape index (κ3) is 4.09. The number of hydrogen-bond acceptors (Lipinski definition) is 7. The standard InChI is InChI=1S/C10H9O6S.Na/c1-15-9(11)6-3-7(10(12)16-2)5-8(4-6)17(13)14;/h3-5H,1-2H3;/q-1;+1. The van der Waals surface area contributed by atoms with E-state index < -0.39 is 22.6 Å². The molecule has 0 spiro atoms. The Morgan fingerprint density at radius 3 is 1.61 bits per heavy atom. The average molecular weight is 280 g/mol. The Morgan fingerprint density at radius 1 is 0.944 bits per heavy atom. The number of benzene rings is 1. The van der Waals surface area contributed by atoms with E-state index in [4.69, 9.17) is 0 Å². The van der Waals surface area contributed by atoms with Crippen molar-refractivity contribution in [2.24, 2.45) is 0 Å². The number of rotatable bonds is 3. The molecule has 0 bridgehead atoms. The maximum Gasteiger partial charge on any atom is 1.00 e. The Hall–Kier alpha value is -0.890. The molecule has 1 rings (SSSR count). The Bertz CT molecular complexity index is 495. The minimum absolute atomic E-state index is 0. The maximum atomic E-state index is 11.3. The van der Waals surface area contributed by atoms with Crippen LogP contribution >= 0.6 is 0 Å². The zero-order valence-electron chi connectivity index (χ0n) is 10.1. The van der Waals surface area contributed by atoms with Gasteiger partial charge in [0.05, 0.1) is 25.3 Å². The molecule has 0 aromatic heterocycles. The van der Waals surface area contributed by atoms with Gasteiger partial charge < -0.3 is 17.9 Å². The number of carbonyl (C=O) groups excluding carboxylic acids is 2. The smallest absolute Gasteiger partial charge is 0.465 e. The summed E-state index contributed by atoms with van der Waals surface area (Å²) < 4.78 is 30.5. The van der Waals surface area contributed by atoms with Crippen LogP contribution in [0.2, 0.25) is 0 Å². The van der Waals surface area contributed by atoms with Crippen molar-refractivity contribution in [3.05, 3.63) is 29.3 Å². The second-order valence-corrected chi connectivity index (χ2v) is 3.90. The Balaban J connectivity index is 0.00000289. The molecule has 6 nitrogen and oxygen atoms in total. The average Bonchev–Trinajstić information content (AvgIpc) is 2.36. The molecule has 0 atom stereocenters. The summed E-state index contributed by atoms with van der Waals surface area (Å²) >= 11 is 0. The molecular weight excluding hydrogens is 271 g/mol. The topological polar surface area (TPSA) is 86.7 Å². The van der Waals surface area contributed by atoms with Crippen LogP contribution in [-0.4, -0.2) is 26.2 Å². The molecule has 1 aromatic rings. The summed E-state index contributed by atoms with van der Waals surface area (Å²) in [6, 6.07) is 3.43. The van der Waals surface area contributed by atoms with Crippen molar-refractivity contribution in [1.29, 1.82) is 0 Å². The monoisotopic (exact) mass is 280 g/mol. The molecule has 0 aliphatic rings. The second kappa shape index (κ2) is 7.52. The van der Waals surface area contributed by atoms with E-state index in [1.54, 1.807) is 0 Å². The van der Waals surface area contributed by atoms with Gasteiger partial charge in [-0.05, 0) is 16.8 Å². The third-order valence-electron chi connectivity index (χ3n) is 1.94. The van der Waals surface area contributed by atoms with Crippen molar-refractivity contribution < 1.29 is 57.0 Å². The molecule has 0 aliphatic heterocycles. The van der Waals surface area contributed by atoms with Crippen LogP contribution < -0.4 is 29.6 Å². The molecule has 0 unspecified atom stereocenters. The van der Waals surface area contributed by atoms with Crippen LogP contribution in [0.3, 0.4) is 0 Å². The molecule has 0 radical (unpaired) electrons. The predicted octanol–water partition coefficient (Wildman–Crippen LogP) is -2.07. The van der Waals surface area contributed by atoms with E-state index in [0.29, 0.717) is 0 Å². The van der Waals surface area contributed by atoms with Gasteiger partial charge in [0.1, 0.15) is 0 Å². The van der Waals surface area contributed by atoms with Gasteiger partial charge >= 0.3 is 41.5 Å². The van der Waals surface area contributed by atoms with Crippen molar-refractivity contribution in [2.45, 2.75) is 4.90 Å². The van der Waals surface area contributed by atoms with Crippen LogP contribution in [0.4, 0.5) is 0 Å². The summed E-state index contributed by atoms with van der Waals surface area (Å²) in [4.78, 5) is 22.4. The van der Waals surface area contributed by atoms with Gasteiger partial charge in [0, 0.05) is 0 Å². The minimum Gasteiger partial charge on any atom is -0.465 e. The molecule has 0 heterocycles. The summed E-state index contributed by atoms with van der Waals surface area (Å²) in [5.41, 5.74) is -0.0656. The fraction of sp³-hybridized carbons (Fsp3) is 0.200. The van der Waals surface area contributed by atoms with E-state index in [2.05, 4.69) is 9.47 Å². The summed E-state index contributed by atoms with van der Waals surface area (Å²) in [7, 11) is -0.245. The first-order valence-corrected chi connectivity index (χ1v) is 5.48. The number of carbonyl (C=O) groups is 2. The summed E-state index contributed by atoms with van der Waals surface area (Å²) in [6.45, 7) is 0. The first-order chi connectivity index (χ1) is 7.99. The molecule has 1 aromatic carbocycles.